The summed E-state index contributed by atoms with van der Waals surface area (Å²) in [4.78, 5) is 10.5. The normalized spacial score (nSPS) is 28.6. The van der Waals surface area contributed by atoms with Crippen molar-refractivity contribution >= 4 is 44.7 Å². The maximum atomic E-state index is 12.3. The van der Waals surface area contributed by atoms with Gasteiger partial charge < -0.3 is 0 Å². The van der Waals surface area contributed by atoms with Gasteiger partial charge in [0.2, 0.25) is 0 Å². The zero-order chi connectivity index (χ0) is 15.8. The fourth-order valence-corrected chi connectivity index (χ4v) is 3.55. The summed E-state index contributed by atoms with van der Waals surface area (Å²) in [5.41, 5.74) is 0.496. The number of sulfonamides is 1. The molecule has 0 spiro atoms. The lowest BCUT2D eigenvalue weighted by molar-refractivity contribution is -0.116. The highest BCUT2D eigenvalue weighted by molar-refractivity contribution is 7.90. The summed E-state index contributed by atoms with van der Waals surface area (Å²) < 4.78 is 28.3. The molecule has 21 heavy (non-hydrogen) atoms. The van der Waals surface area contributed by atoms with Gasteiger partial charge in [0.15, 0.2) is 5.78 Å². The second kappa shape index (κ2) is 5.55. The number of hydrogen-bond donors (Lipinski definition) is 0. The Kier molecular flexibility index (Phi) is 4.29. The average Bonchev–Trinajstić information content (AvgIpc) is 2.43. The standard InChI is InChI=1S/C14H13Cl2NO3S/c1-9-8-11(18)14(2,16)13(15)12(9)17-21(19,20)10-6-4-3-5-7-10/h3-8,13H,1-2H3/t13-,14-/m0/s1. The third-order valence-electron chi connectivity index (χ3n) is 3.21. The van der Waals surface area contributed by atoms with E-state index < -0.39 is 20.3 Å². The number of allylic oxidation sites excluding steroid dienone is 2. The molecule has 0 bridgehead atoms. The molecular weight excluding hydrogens is 333 g/mol. The van der Waals surface area contributed by atoms with Crippen LogP contribution in [0.15, 0.2) is 51.3 Å². The molecule has 0 N–H and O–H groups in total. The van der Waals surface area contributed by atoms with E-state index in [2.05, 4.69) is 4.40 Å². The van der Waals surface area contributed by atoms with Crippen LogP contribution in [0.4, 0.5) is 0 Å². The number of halogens is 2. The van der Waals surface area contributed by atoms with Crippen LogP contribution in [0.5, 0.6) is 0 Å². The molecule has 1 aliphatic rings. The first-order valence-corrected chi connectivity index (χ1v) is 8.37. The molecule has 0 unspecified atom stereocenters. The summed E-state index contributed by atoms with van der Waals surface area (Å²) in [5.74, 6) is -0.363. The molecule has 0 aromatic heterocycles. The van der Waals surface area contributed by atoms with Gasteiger partial charge in [-0.25, -0.2) is 0 Å². The molecule has 0 saturated carbocycles. The van der Waals surface area contributed by atoms with E-state index in [1.54, 1.807) is 25.1 Å². The van der Waals surface area contributed by atoms with Gasteiger partial charge in [-0.3, -0.25) is 4.79 Å². The quantitative estimate of drug-likeness (QED) is 0.774. The van der Waals surface area contributed by atoms with Gasteiger partial charge in [0.05, 0.1) is 10.6 Å². The van der Waals surface area contributed by atoms with Gasteiger partial charge in [0.25, 0.3) is 10.0 Å². The summed E-state index contributed by atoms with van der Waals surface area (Å²) in [6.45, 7) is 3.03. The minimum absolute atomic E-state index is 0.0577. The largest absolute Gasteiger partial charge is 0.293 e. The lowest BCUT2D eigenvalue weighted by atomic mass is 9.88. The second-order valence-electron chi connectivity index (χ2n) is 4.89. The Bertz CT molecular complexity index is 737. The van der Waals surface area contributed by atoms with Crippen LogP contribution < -0.4 is 0 Å². The van der Waals surface area contributed by atoms with E-state index in [-0.39, 0.29) is 16.4 Å². The fraction of sp³-hybridized carbons (Fsp3) is 0.286. The van der Waals surface area contributed by atoms with Crippen molar-refractivity contribution in [2.45, 2.75) is 29.0 Å². The zero-order valence-electron chi connectivity index (χ0n) is 11.4. The van der Waals surface area contributed by atoms with E-state index in [0.717, 1.165) is 0 Å². The van der Waals surface area contributed by atoms with Crippen molar-refractivity contribution in [2.24, 2.45) is 4.40 Å². The summed E-state index contributed by atoms with van der Waals surface area (Å²) in [5, 5.41) is -1.02. The lowest BCUT2D eigenvalue weighted by Crippen LogP contribution is -2.46. The van der Waals surface area contributed by atoms with E-state index in [9.17, 15) is 13.2 Å². The van der Waals surface area contributed by atoms with Crippen molar-refractivity contribution in [3.8, 4) is 0 Å². The van der Waals surface area contributed by atoms with Gasteiger partial charge in [-0.2, -0.15) is 12.8 Å². The van der Waals surface area contributed by atoms with Crippen LogP contribution in [0.1, 0.15) is 13.8 Å². The molecule has 2 atom stereocenters. The molecule has 1 aliphatic carbocycles. The van der Waals surface area contributed by atoms with Gasteiger partial charge in [0.1, 0.15) is 10.3 Å². The molecule has 112 valence electrons. The Morgan fingerprint density at radius 3 is 2.38 bits per heavy atom. The summed E-state index contributed by atoms with van der Waals surface area (Å²) >= 11 is 12.3. The predicted molar refractivity (Wildman–Crippen MR) is 83.7 cm³/mol. The van der Waals surface area contributed by atoms with Gasteiger partial charge in [-0.05, 0) is 37.6 Å². The molecule has 0 radical (unpaired) electrons. The molecule has 1 aromatic rings. The van der Waals surface area contributed by atoms with Gasteiger partial charge in [-0.1, -0.05) is 18.2 Å². The van der Waals surface area contributed by atoms with Crippen LogP contribution in [0.25, 0.3) is 0 Å². The Hall–Kier alpha value is -1.17. The van der Waals surface area contributed by atoms with E-state index in [0.29, 0.717) is 5.57 Å². The minimum atomic E-state index is -3.90. The van der Waals surface area contributed by atoms with Crippen LogP contribution in [-0.4, -0.2) is 30.2 Å². The van der Waals surface area contributed by atoms with Crippen molar-refractivity contribution < 1.29 is 13.2 Å². The van der Waals surface area contributed by atoms with E-state index >= 15 is 0 Å². The Labute approximate surface area is 133 Å². The fourth-order valence-electron chi connectivity index (χ4n) is 1.89. The monoisotopic (exact) mass is 345 g/mol. The van der Waals surface area contributed by atoms with Gasteiger partial charge >= 0.3 is 0 Å². The first-order valence-electron chi connectivity index (χ1n) is 6.12. The number of carbonyl (C=O) groups excluding carboxylic acids is 1. The molecule has 0 amide bonds. The van der Waals surface area contributed by atoms with Gasteiger partial charge in [0, 0.05) is 0 Å². The third-order valence-corrected chi connectivity index (χ3v) is 5.67. The van der Waals surface area contributed by atoms with Crippen molar-refractivity contribution in [3.63, 3.8) is 0 Å². The molecule has 0 saturated heterocycles. The zero-order valence-corrected chi connectivity index (χ0v) is 13.7. The molecule has 2 rings (SSSR count). The first kappa shape index (κ1) is 16.2. The predicted octanol–water partition coefficient (Wildman–Crippen LogP) is 2.95. The van der Waals surface area contributed by atoms with E-state index in [1.165, 1.54) is 25.1 Å². The van der Waals surface area contributed by atoms with Crippen LogP contribution in [0, 0.1) is 0 Å². The van der Waals surface area contributed by atoms with Crippen molar-refractivity contribution in [2.75, 3.05) is 0 Å². The highest BCUT2D eigenvalue weighted by atomic mass is 35.5. The topological polar surface area (TPSA) is 63.6 Å². The first-order chi connectivity index (χ1) is 9.66. The number of alkyl halides is 2. The maximum absolute atomic E-state index is 12.3. The minimum Gasteiger partial charge on any atom is -0.293 e. The smallest absolute Gasteiger partial charge is 0.282 e. The van der Waals surface area contributed by atoms with Crippen molar-refractivity contribution in [3.05, 3.63) is 42.0 Å². The SMILES string of the molecule is CC1=CC(=O)[C@](C)(Cl)[C@@H](Cl)C1=NS(=O)(=O)c1ccccc1. The molecule has 4 nitrogen and oxygen atoms in total. The van der Waals surface area contributed by atoms with Crippen LogP contribution in [0.2, 0.25) is 0 Å². The highest BCUT2D eigenvalue weighted by Gasteiger charge is 2.44. The maximum Gasteiger partial charge on any atom is 0.282 e. The molecular formula is C14H13Cl2NO3S. The summed E-state index contributed by atoms with van der Waals surface area (Å²) in [7, 11) is -3.90. The number of ketones is 1. The highest BCUT2D eigenvalue weighted by Crippen LogP contribution is 2.34. The molecule has 7 heteroatoms. The Morgan fingerprint density at radius 2 is 1.81 bits per heavy atom. The average molecular weight is 346 g/mol. The molecule has 1 aromatic carbocycles. The second-order valence-corrected chi connectivity index (χ2v) is 7.72. The molecule has 0 aliphatic heterocycles. The van der Waals surface area contributed by atoms with Crippen LogP contribution in [0.3, 0.4) is 0 Å². The third kappa shape index (κ3) is 3.05. The number of benzene rings is 1. The number of nitrogens with zero attached hydrogens (tertiary/aromatic N) is 1. The summed E-state index contributed by atoms with van der Waals surface area (Å²) in [6.07, 6.45) is 1.27. The molecule has 0 fully saturated rings. The van der Waals surface area contributed by atoms with E-state index in [4.69, 9.17) is 23.2 Å². The summed E-state index contributed by atoms with van der Waals surface area (Å²) in [6, 6.07) is 7.79. The number of hydrogen-bond acceptors (Lipinski definition) is 3. The van der Waals surface area contributed by atoms with Crippen molar-refractivity contribution in [1.29, 1.82) is 0 Å². The molecule has 0 heterocycles. The lowest BCUT2D eigenvalue weighted by Gasteiger charge is -2.30. The van der Waals surface area contributed by atoms with E-state index in [1.807, 2.05) is 0 Å². The number of carbonyl (C=O) groups is 1. The van der Waals surface area contributed by atoms with Crippen LogP contribution >= 0.6 is 23.2 Å². The number of rotatable bonds is 2. The Morgan fingerprint density at radius 1 is 1.24 bits per heavy atom. The Balaban J connectivity index is 2.55. The van der Waals surface area contributed by atoms with Crippen LogP contribution in [-0.2, 0) is 14.8 Å². The van der Waals surface area contributed by atoms with Gasteiger partial charge in [-0.15, -0.1) is 23.2 Å². The van der Waals surface area contributed by atoms with Crippen molar-refractivity contribution in [1.82, 2.24) is 0 Å².